The Kier molecular flexibility index (Phi) is 4.27. The number of nitrogens with zero attached hydrogens (tertiary/aromatic N) is 3. The van der Waals surface area contributed by atoms with Gasteiger partial charge >= 0.3 is 0 Å². The number of pyridine rings is 1. The summed E-state index contributed by atoms with van der Waals surface area (Å²) in [5.74, 6) is 0.202. The highest BCUT2D eigenvalue weighted by molar-refractivity contribution is 5.53. The zero-order chi connectivity index (χ0) is 13.8. The van der Waals surface area contributed by atoms with Crippen LogP contribution in [0.2, 0.25) is 0 Å². The second-order valence-electron chi connectivity index (χ2n) is 4.95. The Morgan fingerprint density at radius 1 is 1.32 bits per heavy atom. The van der Waals surface area contributed by atoms with E-state index in [1.54, 1.807) is 16.8 Å². The minimum Gasteiger partial charge on any atom is -0.390 e. The van der Waals surface area contributed by atoms with Crippen LogP contribution in [0.1, 0.15) is 26.0 Å². The molecular formula is C14H18FN3O. The van der Waals surface area contributed by atoms with Gasteiger partial charge in [0.25, 0.3) is 0 Å². The number of aromatic nitrogens is 3. The summed E-state index contributed by atoms with van der Waals surface area (Å²) in [6.45, 7) is 4.98. The number of aryl methyl sites for hydroxylation is 1. The molecule has 19 heavy (non-hydrogen) atoms. The normalized spacial score (nSPS) is 11.2. The minimum absolute atomic E-state index is 0.0632. The van der Waals surface area contributed by atoms with E-state index in [1.807, 2.05) is 0 Å². The van der Waals surface area contributed by atoms with Crippen molar-refractivity contribution in [3.63, 3.8) is 0 Å². The summed E-state index contributed by atoms with van der Waals surface area (Å²) >= 11 is 0. The third-order valence-electron chi connectivity index (χ3n) is 2.93. The molecule has 0 saturated carbocycles. The highest BCUT2D eigenvalue weighted by Gasteiger charge is 2.10. The molecule has 0 aliphatic heterocycles. The summed E-state index contributed by atoms with van der Waals surface area (Å²) < 4.78 is 14.6. The van der Waals surface area contributed by atoms with Crippen LogP contribution in [0.3, 0.4) is 0 Å². The highest BCUT2D eigenvalue weighted by Crippen LogP contribution is 2.18. The zero-order valence-corrected chi connectivity index (χ0v) is 11.2. The van der Waals surface area contributed by atoms with E-state index in [1.165, 1.54) is 12.3 Å². The SMILES string of the molecule is CC(C)CCn1nc(-c2ccc(F)cn2)cc1CO. The Hall–Kier alpha value is -1.75. The molecule has 0 spiro atoms. The second-order valence-corrected chi connectivity index (χ2v) is 4.95. The van der Waals surface area contributed by atoms with E-state index in [9.17, 15) is 9.50 Å². The molecule has 2 aromatic heterocycles. The minimum atomic E-state index is -0.370. The molecule has 102 valence electrons. The van der Waals surface area contributed by atoms with Crippen molar-refractivity contribution in [2.45, 2.75) is 33.4 Å². The van der Waals surface area contributed by atoms with Crippen LogP contribution < -0.4 is 0 Å². The number of rotatable bonds is 5. The van der Waals surface area contributed by atoms with E-state index in [0.717, 1.165) is 18.7 Å². The van der Waals surface area contributed by atoms with Crippen LogP contribution in [0.5, 0.6) is 0 Å². The van der Waals surface area contributed by atoms with E-state index in [4.69, 9.17) is 0 Å². The molecule has 0 unspecified atom stereocenters. The van der Waals surface area contributed by atoms with Crippen LogP contribution in [0, 0.1) is 11.7 Å². The van der Waals surface area contributed by atoms with Gasteiger partial charge in [0.2, 0.25) is 0 Å². The first kappa shape index (κ1) is 13.7. The van der Waals surface area contributed by atoms with Crippen LogP contribution in [-0.2, 0) is 13.2 Å². The van der Waals surface area contributed by atoms with E-state index in [0.29, 0.717) is 17.3 Å². The first-order chi connectivity index (χ1) is 9.10. The highest BCUT2D eigenvalue weighted by atomic mass is 19.1. The quantitative estimate of drug-likeness (QED) is 0.902. The van der Waals surface area contributed by atoms with Gasteiger partial charge in [-0.05, 0) is 30.5 Å². The fraction of sp³-hybridized carbons (Fsp3) is 0.429. The van der Waals surface area contributed by atoms with Crippen LogP contribution in [-0.4, -0.2) is 19.9 Å². The van der Waals surface area contributed by atoms with Gasteiger partial charge in [0.1, 0.15) is 11.5 Å². The van der Waals surface area contributed by atoms with Gasteiger partial charge in [-0.1, -0.05) is 13.8 Å². The van der Waals surface area contributed by atoms with Gasteiger partial charge in [-0.25, -0.2) is 4.39 Å². The number of hydrogen-bond donors (Lipinski definition) is 1. The molecule has 1 N–H and O–H groups in total. The summed E-state index contributed by atoms with van der Waals surface area (Å²) in [6, 6.07) is 4.74. The lowest BCUT2D eigenvalue weighted by Crippen LogP contribution is -2.07. The monoisotopic (exact) mass is 263 g/mol. The molecular weight excluding hydrogens is 245 g/mol. The molecule has 5 heteroatoms. The van der Waals surface area contributed by atoms with Crippen molar-refractivity contribution in [3.8, 4) is 11.4 Å². The Balaban J connectivity index is 2.25. The van der Waals surface area contributed by atoms with Crippen molar-refractivity contribution in [3.05, 3.63) is 35.9 Å². The first-order valence-electron chi connectivity index (χ1n) is 6.39. The maximum Gasteiger partial charge on any atom is 0.141 e. The number of hydrogen-bond acceptors (Lipinski definition) is 3. The molecule has 0 amide bonds. The van der Waals surface area contributed by atoms with Crippen molar-refractivity contribution in [1.29, 1.82) is 0 Å². The van der Waals surface area contributed by atoms with Crippen molar-refractivity contribution < 1.29 is 9.50 Å². The van der Waals surface area contributed by atoms with Crippen molar-refractivity contribution >= 4 is 0 Å². The molecule has 0 aliphatic rings. The molecule has 0 bridgehead atoms. The van der Waals surface area contributed by atoms with Crippen LogP contribution in [0.15, 0.2) is 24.4 Å². The van der Waals surface area contributed by atoms with Gasteiger partial charge in [-0.3, -0.25) is 9.67 Å². The Labute approximate surface area is 111 Å². The summed E-state index contributed by atoms with van der Waals surface area (Å²) in [5, 5.41) is 13.8. The molecule has 0 radical (unpaired) electrons. The molecule has 2 heterocycles. The molecule has 0 fully saturated rings. The predicted octanol–water partition coefficient (Wildman–Crippen LogP) is 2.62. The fourth-order valence-electron chi connectivity index (χ4n) is 1.81. The predicted molar refractivity (Wildman–Crippen MR) is 70.8 cm³/mol. The first-order valence-corrected chi connectivity index (χ1v) is 6.39. The Morgan fingerprint density at radius 2 is 2.11 bits per heavy atom. The lowest BCUT2D eigenvalue weighted by molar-refractivity contribution is 0.266. The zero-order valence-electron chi connectivity index (χ0n) is 11.2. The Morgan fingerprint density at radius 3 is 2.68 bits per heavy atom. The largest absolute Gasteiger partial charge is 0.390 e. The second kappa shape index (κ2) is 5.93. The van der Waals surface area contributed by atoms with Crippen molar-refractivity contribution in [2.75, 3.05) is 0 Å². The smallest absolute Gasteiger partial charge is 0.141 e. The lowest BCUT2D eigenvalue weighted by Gasteiger charge is -2.07. The molecule has 4 nitrogen and oxygen atoms in total. The van der Waals surface area contributed by atoms with E-state index < -0.39 is 0 Å². The van der Waals surface area contributed by atoms with Gasteiger partial charge in [0.15, 0.2) is 0 Å². The van der Waals surface area contributed by atoms with Crippen LogP contribution in [0.25, 0.3) is 11.4 Å². The molecule has 0 aromatic carbocycles. The van der Waals surface area contributed by atoms with E-state index in [2.05, 4.69) is 23.9 Å². The lowest BCUT2D eigenvalue weighted by atomic mass is 10.1. The fourth-order valence-corrected chi connectivity index (χ4v) is 1.81. The Bertz CT molecular complexity index is 534. The topological polar surface area (TPSA) is 50.9 Å². The van der Waals surface area contributed by atoms with Gasteiger partial charge < -0.3 is 5.11 Å². The third-order valence-corrected chi connectivity index (χ3v) is 2.93. The van der Waals surface area contributed by atoms with Crippen molar-refractivity contribution in [2.24, 2.45) is 5.92 Å². The summed E-state index contributed by atoms with van der Waals surface area (Å²) in [5.41, 5.74) is 2.02. The average molecular weight is 263 g/mol. The molecule has 2 rings (SSSR count). The average Bonchev–Trinajstić information content (AvgIpc) is 2.80. The van der Waals surface area contributed by atoms with E-state index >= 15 is 0 Å². The third kappa shape index (κ3) is 3.38. The molecule has 0 aliphatic carbocycles. The molecule has 0 atom stereocenters. The van der Waals surface area contributed by atoms with Gasteiger partial charge in [0, 0.05) is 6.54 Å². The maximum absolute atomic E-state index is 12.8. The van der Waals surface area contributed by atoms with Gasteiger partial charge in [-0.15, -0.1) is 0 Å². The molecule has 0 saturated heterocycles. The van der Waals surface area contributed by atoms with Crippen LogP contribution in [0.4, 0.5) is 4.39 Å². The number of halogens is 1. The van der Waals surface area contributed by atoms with E-state index in [-0.39, 0.29) is 12.4 Å². The standard InChI is InChI=1S/C14H18FN3O/c1-10(2)5-6-18-12(9-19)7-14(17-18)13-4-3-11(15)8-16-13/h3-4,7-8,10,19H,5-6,9H2,1-2H3. The van der Waals surface area contributed by atoms with Crippen LogP contribution >= 0.6 is 0 Å². The number of aliphatic hydroxyl groups is 1. The maximum atomic E-state index is 12.8. The number of aliphatic hydroxyl groups excluding tert-OH is 1. The summed E-state index contributed by atoms with van der Waals surface area (Å²) in [6.07, 6.45) is 2.16. The summed E-state index contributed by atoms with van der Waals surface area (Å²) in [7, 11) is 0. The van der Waals surface area contributed by atoms with Crippen molar-refractivity contribution in [1.82, 2.24) is 14.8 Å². The van der Waals surface area contributed by atoms with Gasteiger partial charge in [-0.2, -0.15) is 5.10 Å². The van der Waals surface area contributed by atoms with Gasteiger partial charge in [0.05, 0.1) is 24.2 Å². The molecule has 2 aromatic rings. The summed E-state index contributed by atoms with van der Waals surface area (Å²) in [4.78, 5) is 4.00.